The SMILES string of the molecule is Nc1ccc(SC2CC(=O)N(c3ccccc3)C2=O)nc1. The van der Waals surface area contributed by atoms with Gasteiger partial charge in [-0.1, -0.05) is 30.0 Å². The van der Waals surface area contributed by atoms with Crippen molar-refractivity contribution in [1.29, 1.82) is 0 Å². The van der Waals surface area contributed by atoms with Crippen LogP contribution in [0.5, 0.6) is 0 Å². The van der Waals surface area contributed by atoms with E-state index in [1.807, 2.05) is 6.07 Å². The summed E-state index contributed by atoms with van der Waals surface area (Å²) in [5.74, 6) is -0.381. The molecule has 2 amide bonds. The molecule has 1 saturated heterocycles. The number of carbonyl (C=O) groups excluding carboxylic acids is 2. The van der Waals surface area contributed by atoms with Crippen LogP contribution in [0, 0.1) is 0 Å². The van der Waals surface area contributed by atoms with Crippen molar-refractivity contribution >= 4 is 35.0 Å². The van der Waals surface area contributed by atoms with E-state index in [4.69, 9.17) is 5.73 Å². The Kier molecular flexibility index (Phi) is 3.62. The second-order valence-electron chi connectivity index (χ2n) is 4.64. The monoisotopic (exact) mass is 299 g/mol. The fraction of sp³-hybridized carbons (Fsp3) is 0.133. The Labute approximate surface area is 126 Å². The second kappa shape index (κ2) is 5.57. The molecule has 106 valence electrons. The van der Waals surface area contributed by atoms with Crippen molar-refractivity contribution in [2.24, 2.45) is 0 Å². The number of pyridine rings is 1. The normalized spacial score (nSPS) is 18.3. The number of nitrogens with two attached hydrogens (primary N) is 1. The summed E-state index contributed by atoms with van der Waals surface area (Å²) in [6.07, 6.45) is 1.73. The first kappa shape index (κ1) is 13.6. The smallest absolute Gasteiger partial charge is 0.247 e. The molecule has 0 spiro atoms. The maximum Gasteiger partial charge on any atom is 0.247 e. The van der Waals surface area contributed by atoms with Gasteiger partial charge in [-0.25, -0.2) is 9.88 Å². The molecule has 2 heterocycles. The van der Waals surface area contributed by atoms with Crippen LogP contribution >= 0.6 is 11.8 Å². The third kappa shape index (κ3) is 2.75. The first-order valence-corrected chi connectivity index (χ1v) is 7.33. The number of imide groups is 1. The number of nitrogens with zero attached hydrogens (tertiary/aromatic N) is 2. The van der Waals surface area contributed by atoms with Crippen molar-refractivity contribution in [1.82, 2.24) is 4.98 Å². The molecule has 0 bridgehead atoms. The van der Waals surface area contributed by atoms with Gasteiger partial charge in [0.1, 0.15) is 0 Å². The van der Waals surface area contributed by atoms with Crippen LogP contribution in [0.2, 0.25) is 0 Å². The number of benzene rings is 1. The zero-order valence-corrected chi connectivity index (χ0v) is 11.9. The number of thioether (sulfide) groups is 1. The van der Waals surface area contributed by atoms with Crippen molar-refractivity contribution in [3.8, 4) is 0 Å². The first-order chi connectivity index (χ1) is 10.1. The summed E-state index contributed by atoms with van der Waals surface area (Å²) in [6, 6.07) is 12.4. The molecule has 2 aromatic rings. The number of hydrogen-bond donors (Lipinski definition) is 1. The molecular formula is C15H13N3O2S. The Morgan fingerprint density at radius 1 is 1.14 bits per heavy atom. The van der Waals surface area contributed by atoms with Crippen LogP contribution in [0.25, 0.3) is 0 Å². The minimum atomic E-state index is -0.436. The average molecular weight is 299 g/mol. The highest BCUT2D eigenvalue weighted by Gasteiger charge is 2.40. The quantitative estimate of drug-likeness (QED) is 0.878. The Morgan fingerprint density at radius 2 is 1.90 bits per heavy atom. The van der Waals surface area contributed by atoms with Gasteiger partial charge in [-0.15, -0.1) is 0 Å². The molecule has 1 fully saturated rings. The molecule has 5 nitrogen and oxygen atoms in total. The highest BCUT2D eigenvalue weighted by atomic mass is 32.2. The summed E-state index contributed by atoms with van der Waals surface area (Å²) >= 11 is 1.29. The highest BCUT2D eigenvalue weighted by molar-refractivity contribution is 8.00. The Morgan fingerprint density at radius 3 is 2.57 bits per heavy atom. The molecule has 6 heteroatoms. The maximum absolute atomic E-state index is 12.4. The van der Waals surface area contributed by atoms with Gasteiger partial charge in [-0.3, -0.25) is 9.59 Å². The molecule has 1 atom stereocenters. The topological polar surface area (TPSA) is 76.3 Å². The predicted molar refractivity (Wildman–Crippen MR) is 81.8 cm³/mol. The van der Waals surface area contributed by atoms with E-state index in [1.54, 1.807) is 42.6 Å². The van der Waals surface area contributed by atoms with E-state index in [0.29, 0.717) is 16.4 Å². The molecule has 3 rings (SSSR count). The highest BCUT2D eigenvalue weighted by Crippen LogP contribution is 2.33. The summed E-state index contributed by atoms with van der Waals surface area (Å²) in [5, 5.41) is 0.249. The lowest BCUT2D eigenvalue weighted by Crippen LogP contribution is -2.31. The third-order valence-electron chi connectivity index (χ3n) is 3.14. The molecule has 0 aliphatic carbocycles. The molecule has 1 aliphatic heterocycles. The lowest BCUT2D eigenvalue weighted by atomic mass is 10.3. The number of carbonyl (C=O) groups is 2. The van der Waals surface area contributed by atoms with Gasteiger partial charge in [0.05, 0.1) is 27.8 Å². The van der Waals surface area contributed by atoms with Crippen molar-refractivity contribution in [3.63, 3.8) is 0 Å². The second-order valence-corrected chi connectivity index (χ2v) is 5.87. The number of para-hydroxylation sites is 1. The Hall–Kier alpha value is -2.34. The summed E-state index contributed by atoms with van der Waals surface area (Å²) in [4.78, 5) is 29.9. The van der Waals surface area contributed by atoms with E-state index in [-0.39, 0.29) is 18.2 Å². The Bertz CT molecular complexity index is 673. The largest absolute Gasteiger partial charge is 0.397 e. The minimum absolute atomic E-state index is 0.181. The summed E-state index contributed by atoms with van der Waals surface area (Å²) in [5.41, 5.74) is 6.76. The van der Waals surface area contributed by atoms with E-state index >= 15 is 0 Å². The summed E-state index contributed by atoms with van der Waals surface area (Å²) < 4.78 is 0. The Balaban J connectivity index is 1.79. The number of anilines is 2. The lowest BCUT2D eigenvalue weighted by molar-refractivity contribution is -0.121. The third-order valence-corrected chi connectivity index (χ3v) is 4.28. The van der Waals surface area contributed by atoms with Crippen LogP contribution in [-0.2, 0) is 9.59 Å². The van der Waals surface area contributed by atoms with Gasteiger partial charge in [0.25, 0.3) is 0 Å². The summed E-state index contributed by atoms with van der Waals surface area (Å²) in [7, 11) is 0. The number of hydrogen-bond acceptors (Lipinski definition) is 5. The van der Waals surface area contributed by atoms with E-state index in [9.17, 15) is 9.59 Å². The number of rotatable bonds is 3. The standard InChI is InChI=1S/C15H13N3O2S/c16-10-6-7-13(17-9-10)21-12-8-14(19)18(15(12)20)11-4-2-1-3-5-11/h1-7,9,12H,8,16H2. The van der Waals surface area contributed by atoms with Crippen molar-refractivity contribution in [3.05, 3.63) is 48.7 Å². The molecule has 1 unspecified atom stereocenters. The van der Waals surface area contributed by atoms with Crippen LogP contribution in [-0.4, -0.2) is 22.0 Å². The zero-order chi connectivity index (χ0) is 14.8. The van der Waals surface area contributed by atoms with Gasteiger partial charge in [-0.05, 0) is 24.3 Å². The lowest BCUT2D eigenvalue weighted by Gasteiger charge is -2.14. The predicted octanol–water partition coefficient (Wildman–Crippen LogP) is 2.09. The molecule has 0 saturated carbocycles. The molecule has 1 aromatic carbocycles. The fourth-order valence-corrected chi connectivity index (χ4v) is 3.14. The van der Waals surface area contributed by atoms with Crippen molar-refractivity contribution < 1.29 is 9.59 Å². The van der Waals surface area contributed by atoms with E-state index < -0.39 is 5.25 Å². The molecular weight excluding hydrogens is 286 g/mol. The van der Waals surface area contributed by atoms with Gasteiger partial charge < -0.3 is 5.73 Å². The molecule has 21 heavy (non-hydrogen) atoms. The van der Waals surface area contributed by atoms with Crippen LogP contribution in [0.4, 0.5) is 11.4 Å². The number of amides is 2. The first-order valence-electron chi connectivity index (χ1n) is 6.45. The van der Waals surface area contributed by atoms with Gasteiger partial charge in [0, 0.05) is 6.42 Å². The van der Waals surface area contributed by atoms with Crippen LogP contribution in [0.3, 0.4) is 0 Å². The van der Waals surface area contributed by atoms with Gasteiger partial charge in [0.15, 0.2) is 0 Å². The van der Waals surface area contributed by atoms with Gasteiger partial charge in [-0.2, -0.15) is 0 Å². The fourth-order valence-electron chi connectivity index (χ4n) is 2.15. The molecule has 1 aliphatic rings. The van der Waals surface area contributed by atoms with Crippen molar-refractivity contribution in [2.75, 3.05) is 10.6 Å². The minimum Gasteiger partial charge on any atom is -0.397 e. The number of aromatic nitrogens is 1. The maximum atomic E-state index is 12.4. The number of nitrogen functional groups attached to an aromatic ring is 1. The molecule has 1 aromatic heterocycles. The molecule has 2 N–H and O–H groups in total. The van der Waals surface area contributed by atoms with Gasteiger partial charge >= 0.3 is 0 Å². The van der Waals surface area contributed by atoms with Crippen molar-refractivity contribution in [2.45, 2.75) is 16.7 Å². The van der Waals surface area contributed by atoms with E-state index in [2.05, 4.69) is 4.98 Å². The zero-order valence-electron chi connectivity index (χ0n) is 11.1. The van der Waals surface area contributed by atoms with Crippen LogP contribution in [0.15, 0.2) is 53.7 Å². The van der Waals surface area contributed by atoms with Crippen LogP contribution in [0.1, 0.15) is 6.42 Å². The van der Waals surface area contributed by atoms with E-state index in [1.165, 1.54) is 16.7 Å². The average Bonchev–Trinajstić information content (AvgIpc) is 2.77. The molecule has 0 radical (unpaired) electrons. The van der Waals surface area contributed by atoms with E-state index in [0.717, 1.165) is 0 Å². The van der Waals surface area contributed by atoms with Gasteiger partial charge in [0.2, 0.25) is 11.8 Å². The van der Waals surface area contributed by atoms with Crippen LogP contribution < -0.4 is 10.6 Å². The summed E-state index contributed by atoms with van der Waals surface area (Å²) in [6.45, 7) is 0.